The maximum Gasteiger partial charge on any atom is 0.329 e. The molecule has 0 aliphatic carbocycles. The van der Waals surface area contributed by atoms with Crippen molar-refractivity contribution in [1.82, 2.24) is 9.55 Å². The van der Waals surface area contributed by atoms with Crippen LogP contribution in [-0.2, 0) is 13.0 Å². The van der Waals surface area contributed by atoms with Crippen molar-refractivity contribution in [3.8, 4) is 0 Å². The van der Waals surface area contributed by atoms with Gasteiger partial charge in [0.15, 0.2) is 0 Å². The molecule has 5 heteroatoms. The van der Waals surface area contributed by atoms with Crippen LogP contribution in [0.4, 0.5) is 0 Å². The minimum absolute atomic E-state index is 0.169. The predicted molar refractivity (Wildman–Crippen MR) is 69.8 cm³/mol. The summed E-state index contributed by atoms with van der Waals surface area (Å²) in [5, 5.41) is 0.169. The van der Waals surface area contributed by atoms with Crippen LogP contribution in [0, 0.1) is 5.92 Å². The molecule has 1 aromatic heterocycles. The van der Waals surface area contributed by atoms with E-state index in [9.17, 15) is 9.59 Å². The molecule has 0 bridgehead atoms. The highest BCUT2D eigenvalue weighted by atomic mass is 35.5. The summed E-state index contributed by atoms with van der Waals surface area (Å²) < 4.78 is 1.24. The third kappa shape index (κ3) is 3.46. The van der Waals surface area contributed by atoms with Gasteiger partial charge in [-0.05, 0) is 25.2 Å². The van der Waals surface area contributed by atoms with Crippen LogP contribution in [-0.4, -0.2) is 9.55 Å². The zero-order valence-electron chi connectivity index (χ0n) is 10.5. The summed E-state index contributed by atoms with van der Waals surface area (Å²) in [6, 6.07) is 0. The monoisotopic (exact) mass is 258 g/mol. The fraction of sp³-hybridized carbons (Fsp3) is 0.667. The van der Waals surface area contributed by atoms with E-state index in [1.807, 2.05) is 6.92 Å². The van der Waals surface area contributed by atoms with Gasteiger partial charge >= 0.3 is 5.69 Å². The number of hydrogen-bond acceptors (Lipinski definition) is 2. The Morgan fingerprint density at radius 1 is 1.35 bits per heavy atom. The molecule has 0 aliphatic heterocycles. The zero-order chi connectivity index (χ0) is 13.0. The summed E-state index contributed by atoms with van der Waals surface area (Å²) in [5.41, 5.74) is -0.193. The second-order valence-electron chi connectivity index (χ2n) is 4.57. The molecule has 0 saturated heterocycles. The molecule has 0 amide bonds. The highest BCUT2D eigenvalue weighted by molar-refractivity contribution is 6.30. The van der Waals surface area contributed by atoms with Gasteiger partial charge in [-0.2, -0.15) is 0 Å². The van der Waals surface area contributed by atoms with E-state index in [4.69, 9.17) is 11.6 Å². The van der Waals surface area contributed by atoms with Gasteiger partial charge in [0.05, 0.1) is 5.56 Å². The van der Waals surface area contributed by atoms with Crippen molar-refractivity contribution in [3.63, 3.8) is 0 Å². The third-order valence-corrected chi connectivity index (χ3v) is 3.07. The van der Waals surface area contributed by atoms with Crippen LogP contribution in [0.25, 0.3) is 0 Å². The molecule has 0 radical (unpaired) electrons. The molecule has 4 nitrogen and oxygen atoms in total. The van der Waals surface area contributed by atoms with Gasteiger partial charge in [0.2, 0.25) is 0 Å². The second kappa shape index (κ2) is 6.05. The molecule has 0 fully saturated rings. The van der Waals surface area contributed by atoms with Crippen molar-refractivity contribution in [2.24, 2.45) is 5.92 Å². The molecule has 1 rings (SSSR count). The van der Waals surface area contributed by atoms with Gasteiger partial charge in [0.25, 0.3) is 5.56 Å². The first-order valence-electron chi connectivity index (χ1n) is 5.98. The van der Waals surface area contributed by atoms with E-state index in [1.54, 1.807) is 0 Å². The lowest BCUT2D eigenvalue weighted by atomic mass is 10.1. The summed E-state index contributed by atoms with van der Waals surface area (Å²) in [6.07, 6.45) is 2.35. The van der Waals surface area contributed by atoms with E-state index < -0.39 is 5.69 Å². The molecule has 0 atom stereocenters. The summed E-state index contributed by atoms with van der Waals surface area (Å²) >= 11 is 5.82. The number of aromatic amines is 1. The van der Waals surface area contributed by atoms with Crippen molar-refractivity contribution in [2.45, 2.75) is 46.6 Å². The lowest BCUT2D eigenvalue weighted by Gasteiger charge is -2.08. The van der Waals surface area contributed by atoms with Gasteiger partial charge in [0.1, 0.15) is 5.15 Å². The predicted octanol–water partition coefficient (Wildman–Crippen LogP) is 2.19. The van der Waals surface area contributed by atoms with Gasteiger partial charge < -0.3 is 0 Å². The van der Waals surface area contributed by atoms with Crippen LogP contribution < -0.4 is 11.2 Å². The van der Waals surface area contributed by atoms with E-state index in [2.05, 4.69) is 18.8 Å². The Labute approximate surface area is 106 Å². The standard InChI is InChI=1S/C12H19ClN2O2/c1-4-9-10(13)14-12(17)15(11(9)16)7-5-6-8(2)3/h8H,4-7H2,1-3H3,(H,14,17). The average Bonchev–Trinajstić information content (AvgIpc) is 2.22. The Morgan fingerprint density at radius 3 is 2.53 bits per heavy atom. The Hall–Kier alpha value is -1.03. The zero-order valence-corrected chi connectivity index (χ0v) is 11.3. The Kier molecular flexibility index (Phi) is 5.00. The van der Waals surface area contributed by atoms with Crippen molar-refractivity contribution in [2.75, 3.05) is 0 Å². The first kappa shape index (κ1) is 14.0. The van der Waals surface area contributed by atoms with Crippen LogP contribution in [0.1, 0.15) is 39.2 Å². The van der Waals surface area contributed by atoms with Gasteiger partial charge in [-0.1, -0.05) is 32.4 Å². The Bertz CT molecular complexity index is 488. The first-order valence-corrected chi connectivity index (χ1v) is 6.36. The average molecular weight is 259 g/mol. The van der Waals surface area contributed by atoms with Crippen molar-refractivity contribution in [1.29, 1.82) is 0 Å². The van der Waals surface area contributed by atoms with Crippen molar-refractivity contribution >= 4 is 11.6 Å². The molecule has 0 saturated carbocycles. The van der Waals surface area contributed by atoms with E-state index in [-0.39, 0.29) is 10.7 Å². The molecule has 1 heterocycles. The van der Waals surface area contributed by atoms with Crippen LogP contribution in [0.3, 0.4) is 0 Å². The van der Waals surface area contributed by atoms with Gasteiger partial charge in [0, 0.05) is 6.54 Å². The largest absolute Gasteiger partial charge is 0.329 e. The molecule has 0 spiro atoms. The number of H-pyrrole nitrogens is 1. The number of aromatic nitrogens is 2. The SMILES string of the molecule is CCc1c(Cl)[nH]c(=O)n(CCCC(C)C)c1=O. The number of halogens is 1. The van der Waals surface area contributed by atoms with Crippen LogP contribution in [0.15, 0.2) is 9.59 Å². The summed E-state index contributed by atoms with van der Waals surface area (Å²) in [5.74, 6) is 0.572. The molecule has 1 N–H and O–H groups in total. The number of hydrogen-bond donors (Lipinski definition) is 1. The fourth-order valence-corrected chi connectivity index (χ4v) is 2.05. The third-order valence-electron chi connectivity index (χ3n) is 2.75. The summed E-state index contributed by atoms with van der Waals surface area (Å²) in [6.45, 7) is 6.54. The van der Waals surface area contributed by atoms with Gasteiger partial charge in [-0.25, -0.2) is 4.79 Å². The molecule has 0 aromatic carbocycles. The molecular formula is C12H19ClN2O2. The normalized spacial score (nSPS) is 11.1. The Balaban J connectivity index is 3.00. The van der Waals surface area contributed by atoms with Crippen LogP contribution >= 0.6 is 11.6 Å². The summed E-state index contributed by atoms with van der Waals surface area (Å²) in [7, 11) is 0. The molecule has 0 unspecified atom stereocenters. The number of nitrogens with zero attached hydrogens (tertiary/aromatic N) is 1. The number of rotatable bonds is 5. The highest BCUT2D eigenvalue weighted by Gasteiger charge is 2.10. The van der Waals surface area contributed by atoms with E-state index >= 15 is 0 Å². The minimum Gasteiger partial charge on any atom is -0.297 e. The smallest absolute Gasteiger partial charge is 0.297 e. The quantitative estimate of drug-likeness (QED) is 0.823. The lowest BCUT2D eigenvalue weighted by Crippen LogP contribution is -2.37. The topological polar surface area (TPSA) is 54.9 Å². The molecule has 1 aromatic rings. The van der Waals surface area contributed by atoms with E-state index in [0.717, 1.165) is 12.8 Å². The van der Waals surface area contributed by atoms with Crippen molar-refractivity contribution < 1.29 is 0 Å². The first-order chi connectivity index (χ1) is 7.97. The fourth-order valence-electron chi connectivity index (χ4n) is 1.75. The molecule has 17 heavy (non-hydrogen) atoms. The maximum atomic E-state index is 12.0. The van der Waals surface area contributed by atoms with Crippen LogP contribution in [0.5, 0.6) is 0 Å². The van der Waals surface area contributed by atoms with Crippen LogP contribution in [0.2, 0.25) is 5.15 Å². The Morgan fingerprint density at radius 2 is 2.00 bits per heavy atom. The van der Waals surface area contributed by atoms with Gasteiger partial charge in [-0.15, -0.1) is 0 Å². The minimum atomic E-state index is -0.416. The number of nitrogens with one attached hydrogen (secondary N) is 1. The van der Waals surface area contributed by atoms with E-state index in [1.165, 1.54) is 4.57 Å². The molecule has 96 valence electrons. The molecular weight excluding hydrogens is 240 g/mol. The van der Waals surface area contributed by atoms with Gasteiger partial charge in [-0.3, -0.25) is 14.3 Å². The highest BCUT2D eigenvalue weighted by Crippen LogP contribution is 2.07. The second-order valence-corrected chi connectivity index (χ2v) is 4.95. The van der Waals surface area contributed by atoms with E-state index in [0.29, 0.717) is 24.4 Å². The van der Waals surface area contributed by atoms with Crippen molar-refractivity contribution in [3.05, 3.63) is 31.6 Å². The lowest BCUT2D eigenvalue weighted by molar-refractivity contribution is 0.494. The summed E-state index contributed by atoms with van der Waals surface area (Å²) in [4.78, 5) is 26.1. The maximum absolute atomic E-state index is 12.0. The molecule has 0 aliphatic rings.